The van der Waals surface area contributed by atoms with Crippen LogP contribution in [0.3, 0.4) is 0 Å². The Balaban J connectivity index is 1.70. The van der Waals surface area contributed by atoms with E-state index in [9.17, 15) is 4.79 Å². The molecule has 4 rings (SSSR count). The molecule has 0 bridgehead atoms. The Bertz CT molecular complexity index is 894. The predicted molar refractivity (Wildman–Crippen MR) is 103 cm³/mol. The van der Waals surface area contributed by atoms with Crippen LogP contribution in [-0.2, 0) is 4.74 Å². The molecule has 1 amide bonds. The van der Waals surface area contributed by atoms with Gasteiger partial charge >= 0.3 is 6.09 Å². The van der Waals surface area contributed by atoms with Crippen molar-refractivity contribution in [1.29, 1.82) is 0 Å². The summed E-state index contributed by atoms with van der Waals surface area (Å²) in [6.07, 6.45) is -1.21. The van der Waals surface area contributed by atoms with Gasteiger partial charge in [0.2, 0.25) is 0 Å². The minimum atomic E-state index is -0.777. The van der Waals surface area contributed by atoms with E-state index in [1.54, 1.807) is 0 Å². The largest absolute Gasteiger partial charge is 0.492 e. The molecule has 2 aliphatic rings. The van der Waals surface area contributed by atoms with E-state index >= 15 is 0 Å². The highest BCUT2D eigenvalue weighted by molar-refractivity contribution is 5.73. The van der Waals surface area contributed by atoms with Crippen LogP contribution >= 0.6 is 0 Å². The van der Waals surface area contributed by atoms with Crippen LogP contribution in [0.4, 0.5) is 10.5 Å². The number of amides is 1. The first kappa shape index (κ1) is 17.5. The number of primary amides is 1. The van der Waals surface area contributed by atoms with Crippen molar-refractivity contribution < 1.29 is 19.0 Å². The first-order valence-corrected chi connectivity index (χ1v) is 9.06. The third-order valence-corrected chi connectivity index (χ3v) is 5.23. The fraction of sp³-hybridized carbons (Fsp3) is 0.381. The molecule has 2 N–H and O–H groups in total. The van der Waals surface area contributed by atoms with Crippen molar-refractivity contribution >= 4 is 11.8 Å². The van der Waals surface area contributed by atoms with Crippen LogP contribution in [0.1, 0.15) is 25.5 Å². The van der Waals surface area contributed by atoms with Crippen molar-refractivity contribution in [3.05, 3.63) is 42.0 Å². The molecule has 0 saturated carbocycles. The van der Waals surface area contributed by atoms with Gasteiger partial charge in [0.1, 0.15) is 24.2 Å². The maximum absolute atomic E-state index is 11.4. The molecule has 0 aliphatic carbocycles. The van der Waals surface area contributed by atoms with Gasteiger partial charge in [0, 0.05) is 18.0 Å². The standard InChI is InChI=1S/C21H24N2O4/c1-21(2)12-26-17-10-13(4-6-15(17)19(21)27-20(22)24)14-5-7-16-18(11-14)25-9-8-23(16)3/h4-7,10-11,19H,8-9,12H2,1-3H3,(H2,22,24). The van der Waals surface area contributed by atoms with Crippen LogP contribution in [0, 0.1) is 5.41 Å². The molecular formula is C21H24N2O4. The molecule has 0 saturated heterocycles. The molecule has 6 heteroatoms. The van der Waals surface area contributed by atoms with Gasteiger partial charge in [-0.1, -0.05) is 32.0 Å². The Morgan fingerprint density at radius 2 is 1.85 bits per heavy atom. The number of hydrogen-bond acceptors (Lipinski definition) is 5. The quantitative estimate of drug-likeness (QED) is 0.874. The average Bonchev–Trinajstić information content (AvgIpc) is 2.63. The summed E-state index contributed by atoms with van der Waals surface area (Å²) in [6.45, 7) is 6.00. The molecule has 2 aliphatic heterocycles. The first-order chi connectivity index (χ1) is 12.8. The summed E-state index contributed by atoms with van der Waals surface area (Å²) in [7, 11) is 2.06. The summed E-state index contributed by atoms with van der Waals surface area (Å²) in [5, 5.41) is 0. The number of rotatable bonds is 2. The Kier molecular flexibility index (Phi) is 4.13. The number of carbonyl (C=O) groups is 1. The molecule has 142 valence electrons. The number of carbonyl (C=O) groups excluding carboxylic acids is 1. The van der Waals surface area contributed by atoms with Crippen LogP contribution in [0.5, 0.6) is 11.5 Å². The summed E-state index contributed by atoms with van der Waals surface area (Å²) >= 11 is 0. The second kappa shape index (κ2) is 6.37. The Morgan fingerprint density at radius 1 is 1.15 bits per heavy atom. The van der Waals surface area contributed by atoms with Crippen molar-refractivity contribution in [2.24, 2.45) is 11.1 Å². The van der Waals surface area contributed by atoms with Crippen molar-refractivity contribution in [3.8, 4) is 22.6 Å². The van der Waals surface area contributed by atoms with Gasteiger partial charge in [-0.05, 0) is 29.3 Å². The van der Waals surface area contributed by atoms with Crippen molar-refractivity contribution in [3.63, 3.8) is 0 Å². The van der Waals surface area contributed by atoms with Crippen molar-refractivity contribution in [1.82, 2.24) is 0 Å². The fourth-order valence-electron chi connectivity index (χ4n) is 3.69. The lowest BCUT2D eigenvalue weighted by Gasteiger charge is -2.38. The molecule has 0 fully saturated rings. The summed E-state index contributed by atoms with van der Waals surface area (Å²) in [5.74, 6) is 1.60. The summed E-state index contributed by atoms with van der Waals surface area (Å²) in [4.78, 5) is 13.5. The highest BCUT2D eigenvalue weighted by atomic mass is 16.6. The SMILES string of the molecule is CN1CCOc2cc(-c3ccc4c(c3)OCC(C)(C)C4OC(N)=O)ccc21. The number of anilines is 1. The predicted octanol–water partition coefficient (Wildman–Crippen LogP) is 3.74. The van der Waals surface area contributed by atoms with Gasteiger partial charge in [-0.25, -0.2) is 4.79 Å². The molecular weight excluding hydrogens is 344 g/mol. The zero-order valence-electron chi connectivity index (χ0n) is 15.8. The third kappa shape index (κ3) is 3.16. The molecule has 6 nitrogen and oxygen atoms in total. The van der Waals surface area contributed by atoms with E-state index < -0.39 is 12.2 Å². The second-order valence-corrected chi connectivity index (χ2v) is 7.80. The zero-order chi connectivity index (χ0) is 19.2. The number of likely N-dealkylation sites (N-methyl/N-ethyl adjacent to an activating group) is 1. The number of nitrogens with zero attached hydrogens (tertiary/aromatic N) is 1. The maximum Gasteiger partial charge on any atom is 0.405 e. The van der Waals surface area contributed by atoms with Crippen molar-refractivity contribution in [2.75, 3.05) is 31.7 Å². The molecule has 0 radical (unpaired) electrons. The molecule has 1 unspecified atom stereocenters. The smallest absolute Gasteiger partial charge is 0.405 e. The molecule has 1 atom stereocenters. The third-order valence-electron chi connectivity index (χ3n) is 5.23. The molecule has 0 aromatic heterocycles. The Hall–Kier alpha value is -2.89. The minimum absolute atomic E-state index is 0.353. The van der Waals surface area contributed by atoms with Gasteiger partial charge in [0.15, 0.2) is 0 Å². The van der Waals surface area contributed by atoms with Crippen LogP contribution < -0.4 is 20.1 Å². The van der Waals surface area contributed by atoms with Gasteiger partial charge in [0.05, 0.1) is 18.8 Å². The topological polar surface area (TPSA) is 74.0 Å². The van der Waals surface area contributed by atoms with Crippen LogP contribution in [0.15, 0.2) is 36.4 Å². The number of nitrogens with two attached hydrogens (primary N) is 1. The van der Waals surface area contributed by atoms with Gasteiger partial charge < -0.3 is 24.8 Å². The number of benzene rings is 2. The van der Waals surface area contributed by atoms with E-state index in [4.69, 9.17) is 19.9 Å². The molecule has 0 spiro atoms. The normalized spacial score (nSPS) is 20.0. The van der Waals surface area contributed by atoms with E-state index in [1.165, 1.54) is 0 Å². The van der Waals surface area contributed by atoms with E-state index in [2.05, 4.69) is 30.1 Å². The zero-order valence-corrected chi connectivity index (χ0v) is 15.8. The lowest BCUT2D eigenvalue weighted by molar-refractivity contribution is -0.0176. The first-order valence-electron chi connectivity index (χ1n) is 9.06. The average molecular weight is 368 g/mol. The Morgan fingerprint density at radius 3 is 2.59 bits per heavy atom. The highest BCUT2D eigenvalue weighted by Gasteiger charge is 2.40. The Labute approximate surface area is 158 Å². The van der Waals surface area contributed by atoms with Crippen LogP contribution in [0.25, 0.3) is 11.1 Å². The lowest BCUT2D eigenvalue weighted by Crippen LogP contribution is -2.37. The molecule has 2 heterocycles. The van der Waals surface area contributed by atoms with Crippen LogP contribution in [-0.4, -0.2) is 32.9 Å². The van der Waals surface area contributed by atoms with Gasteiger partial charge in [-0.2, -0.15) is 0 Å². The van der Waals surface area contributed by atoms with E-state index in [0.29, 0.717) is 19.0 Å². The van der Waals surface area contributed by atoms with Gasteiger partial charge in [0.25, 0.3) is 0 Å². The van der Waals surface area contributed by atoms with Gasteiger partial charge in [-0.3, -0.25) is 0 Å². The fourth-order valence-corrected chi connectivity index (χ4v) is 3.69. The number of ether oxygens (including phenoxy) is 3. The lowest BCUT2D eigenvalue weighted by atomic mass is 9.80. The highest BCUT2D eigenvalue weighted by Crippen LogP contribution is 2.46. The van der Waals surface area contributed by atoms with Gasteiger partial charge in [-0.15, -0.1) is 0 Å². The molecule has 27 heavy (non-hydrogen) atoms. The maximum atomic E-state index is 11.4. The second-order valence-electron chi connectivity index (χ2n) is 7.80. The van der Waals surface area contributed by atoms with Crippen LogP contribution in [0.2, 0.25) is 0 Å². The van der Waals surface area contributed by atoms with E-state index in [-0.39, 0.29) is 5.41 Å². The van der Waals surface area contributed by atoms with E-state index in [0.717, 1.165) is 34.7 Å². The molecule has 2 aromatic rings. The number of hydrogen-bond donors (Lipinski definition) is 1. The minimum Gasteiger partial charge on any atom is -0.492 e. The van der Waals surface area contributed by atoms with E-state index in [1.807, 2.05) is 32.0 Å². The molecule has 2 aromatic carbocycles. The number of fused-ring (bicyclic) bond motifs is 2. The van der Waals surface area contributed by atoms with Crippen molar-refractivity contribution in [2.45, 2.75) is 20.0 Å². The monoisotopic (exact) mass is 368 g/mol. The summed E-state index contributed by atoms with van der Waals surface area (Å²) in [5.41, 5.74) is 8.92. The summed E-state index contributed by atoms with van der Waals surface area (Å²) < 4.78 is 17.2. The summed E-state index contributed by atoms with van der Waals surface area (Å²) in [6, 6.07) is 12.1.